The van der Waals surface area contributed by atoms with Crippen molar-refractivity contribution < 1.29 is 27.4 Å². The van der Waals surface area contributed by atoms with Crippen LogP contribution in [0.5, 0.6) is 17.2 Å². The SMILES string of the molecule is COC(=O)Cc1ccc(Oc2ccc3[nH]c(C4CC4)cc3c2NS(=O)(=O)c2ccc(Cl)cc2Cl)c(OC)c1. The number of halogens is 2. The zero-order chi connectivity index (χ0) is 27.0. The number of hydrogen-bond donors (Lipinski definition) is 2. The van der Waals surface area contributed by atoms with Gasteiger partial charge in [-0.05, 0) is 72.9 Å². The Hall–Kier alpha value is -3.40. The number of benzene rings is 3. The topological polar surface area (TPSA) is 107 Å². The average molecular weight is 575 g/mol. The Labute approximate surface area is 229 Å². The van der Waals surface area contributed by atoms with Crippen LogP contribution in [0.25, 0.3) is 10.9 Å². The van der Waals surface area contributed by atoms with E-state index in [9.17, 15) is 13.2 Å². The van der Waals surface area contributed by atoms with Gasteiger partial charge in [-0.3, -0.25) is 9.52 Å². The number of sulfonamides is 1. The summed E-state index contributed by atoms with van der Waals surface area (Å²) in [7, 11) is -1.32. The van der Waals surface area contributed by atoms with E-state index in [2.05, 4.69) is 9.71 Å². The van der Waals surface area contributed by atoms with Crippen LogP contribution < -0.4 is 14.2 Å². The number of carbonyl (C=O) groups is 1. The fraction of sp³-hybridized carbons (Fsp3) is 0.222. The van der Waals surface area contributed by atoms with Crippen molar-refractivity contribution in [2.24, 2.45) is 0 Å². The molecular formula is C27H24Cl2N2O6S. The molecule has 198 valence electrons. The van der Waals surface area contributed by atoms with Gasteiger partial charge in [-0.1, -0.05) is 29.3 Å². The summed E-state index contributed by atoms with van der Waals surface area (Å²) in [6.45, 7) is 0. The van der Waals surface area contributed by atoms with Crippen molar-refractivity contribution in [2.45, 2.75) is 30.1 Å². The lowest BCUT2D eigenvalue weighted by molar-refractivity contribution is -0.139. The summed E-state index contributed by atoms with van der Waals surface area (Å²) < 4.78 is 46.0. The molecule has 3 aromatic carbocycles. The van der Waals surface area contributed by atoms with E-state index in [0.717, 1.165) is 24.1 Å². The molecule has 2 N–H and O–H groups in total. The molecule has 5 rings (SSSR count). The smallest absolute Gasteiger partial charge is 0.309 e. The average Bonchev–Trinajstić information content (AvgIpc) is 3.64. The zero-order valence-electron chi connectivity index (χ0n) is 20.5. The maximum absolute atomic E-state index is 13.5. The highest BCUT2D eigenvalue weighted by Gasteiger charge is 2.28. The van der Waals surface area contributed by atoms with Gasteiger partial charge in [0.15, 0.2) is 17.2 Å². The first-order valence-electron chi connectivity index (χ1n) is 11.7. The Morgan fingerprint density at radius 1 is 1.00 bits per heavy atom. The van der Waals surface area contributed by atoms with Crippen LogP contribution in [0.15, 0.2) is 59.5 Å². The third-order valence-corrected chi connectivity index (χ3v) is 8.31. The molecule has 1 aliphatic rings. The number of methoxy groups -OCH3 is 2. The van der Waals surface area contributed by atoms with Crippen LogP contribution in [-0.2, 0) is 26.0 Å². The van der Waals surface area contributed by atoms with Gasteiger partial charge in [-0.2, -0.15) is 0 Å². The van der Waals surface area contributed by atoms with E-state index in [1.54, 1.807) is 24.3 Å². The van der Waals surface area contributed by atoms with Gasteiger partial charge in [0, 0.05) is 21.6 Å². The maximum atomic E-state index is 13.5. The maximum Gasteiger partial charge on any atom is 0.309 e. The third-order valence-electron chi connectivity index (χ3n) is 6.25. The lowest BCUT2D eigenvalue weighted by Crippen LogP contribution is -2.14. The van der Waals surface area contributed by atoms with Crippen LogP contribution in [0, 0.1) is 0 Å². The standard InChI is InChI=1S/C27H24Cl2N2O6S/c1-35-24-11-15(12-26(32)36-2)3-8-22(24)37-23-9-7-20-18(14-21(30-20)16-4-5-16)27(23)31-38(33,34)25-10-6-17(28)13-19(25)29/h3,6-11,13-14,16,30-31H,4-5,12H2,1-2H3. The summed E-state index contributed by atoms with van der Waals surface area (Å²) in [6, 6.07) is 14.7. The minimum absolute atomic E-state index is 0.00440. The number of hydrogen-bond acceptors (Lipinski definition) is 6. The summed E-state index contributed by atoms with van der Waals surface area (Å²) >= 11 is 12.2. The van der Waals surface area contributed by atoms with Crippen molar-refractivity contribution in [1.82, 2.24) is 4.98 Å². The lowest BCUT2D eigenvalue weighted by atomic mass is 10.1. The second-order valence-corrected chi connectivity index (χ2v) is 11.4. The summed E-state index contributed by atoms with van der Waals surface area (Å²) in [5.74, 6) is 0.996. The van der Waals surface area contributed by atoms with Crippen molar-refractivity contribution in [3.05, 3.63) is 75.9 Å². The number of carbonyl (C=O) groups excluding carboxylic acids is 1. The number of nitrogens with one attached hydrogen (secondary N) is 2. The number of ether oxygens (including phenoxy) is 3. The molecule has 0 amide bonds. The molecule has 1 aliphatic carbocycles. The molecule has 38 heavy (non-hydrogen) atoms. The minimum Gasteiger partial charge on any atom is -0.493 e. The van der Waals surface area contributed by atoms with Crippen LogP contribution in [0.1, 0.15) is 30.0 Å². The lowest BCUT2D eigenvalue weighted by Gasteiger charge is -2.17. The molecule has 0 spiro atoms. The van der Waals surface area contributed by atoms with Gasteiger partial charge in [0.05, 0.1) is 25.7 Å². The molecule has 0 bridgehead atoms. The van der Waals surface area contributed by atoms with Gasteiger partial charge < -0.3 is 19.2 Å². The van der Waals surface area contributed by atoms with E-state index in [1.165, 1.54) is 32.4 Å². The van der Waals surface area contributed by atoms with Crippen LogP contribution in [0.4, 0.5) is 5.69 Å². The van der Waals surface area contributed by atoms with Crippen molar-refractivity contribution in [1.29, 1.82) is 0 Å². The van der Waals surface area contributed by atoms with Gasteiger partial charge in [0.25, 0.3) is 10.0 Å². The number of anilines is 1. The second-order valence-electron chi connectivity index (χ2n) is 8.92. The van der Waals surface area contributed by atoms with E-state index in [1.807, 2.05) is 12.1 Å². The normalized spacial score (nSPS) is 13.4. The summed E-state index contributed by atoms with van der Waals surface area (Å²) in [5.41, 5.74) is 2.72. The van der Waals surface area contributed by atoms with E-state index < -0.39 is 10.0 Å². The van der Waals surface area contributed by atoms with Crippen molar-refractivity contribution in [2.75, 3.05) is 18.9 Å². The third kappa shape index (κ3) is 5.41. The fourth-order valence-corrected chi connectivity index (χ4v) is 6.02. The Morgan fingerprint density at radius 3 is 2.45 bits per heavy atom. The summed E-state index contributed by atoms with van der Waals surface area (Å²) in [4.78, 5) is 15.0. The van der Waals surface area contributed by atoms with Crippen LogP contribution in [0.3, 0.4) is 0 Å². The molecule has 8 nitrogen and oxygen atoms in total. The van der Waals surface area contributed by atoms with E-state index >= 15 is 0 Å². The number of aromatic amines is 1. The molecule has 0 unspecified atom stereocenters. The van der Waals surface area contributed by atoms with Crippen LogP contribution >= 0.6 is 23.2 Å². The van der Waals surface area contributed by atoms with E-state index in [-0.39, 0.29) is 33.7 Å². The number of rotatable bonds is 9. The molecule has 0 saturated heterocycles. The van der Waals surface area contributed by atoms with Crippen LogP contribution in [0.2, 0.25) is 10.0 Å². The predicted octanol–water partition coefficient (Wildman–Crippen LogP) is 6.67. The van der Waals surface area contributed by atoms with Gasteiger partial charge in [-0.25, -0.2) is 8.42 Å². The number of H-pyrrole nitrogens is 1. The van der Waals surface area contributed by atoms with E-state index in [4.69, 9.17) is 37.4 Å². The Balaban J connectivity index is 1.57. The molecule has 1 saturated carbocycles. The minimum atomic E-state index is -4.12. The molecule has 4 aromatic rings. The number of aromatic nitrogens is 1. The first-order valence-corrected chi connectivity index (χ1v) is 14.0. The number of fused-ring (bicyclic) bond motifs is 1. The van der Waals surface area contributed by atoms with Gasteiger partial charge in [-0.15, -0.1) is 0 Å². The highest BCUT2D eigenvalue weighted by Crippen LogP contribution is 2.45. The quantitative estimate of drug-likeness (QED) is 0.216. The molecule has 11 heteroatoms. The van der Waals surface area contributed by atoms with E-state index in [0.29, 0.717) is 33.4 Å². The molecule has 1 heterocycles. The molecule has 0 atom stereocenters. The molecule has 0 radical (unpaired) electrons. The fourth-order valence-electron chi connectivity index (χ4n) is 4.16. The van der Waals surface area contributed by atoms with Gasteiger partial charge >= 0.3 is 5.97 Å². The first-order chi connectivity index (χ1) is 18.2. The summed E-state index contributed by atoms with van der Waals surface area (Å²) in [6.07, 6.45) is 2.22. The van der Waals surface area contributed by atoms with Gasteiger partial charge in [0.2, 0.25) is 0 Å². The monoisotopic (exact) mass is 574 g/mol. The van der Waals surface area contributed by atoms with Crippen molar-refractivity contribution >= 4 is 55.8 Å². The molecule has 1 fully saturated rings. The zero-order valence-corrected chi connectivity index (χ0v) is 22.8. The Morgan fingerprint density at radius 2 is 1.76 bits per heavy atom. The highest BCUT2D eigenvalue weighted by atomic mass is 35.5. The number of esters is 1. The van der Waals surface area contributed by atoms with Crippen LogP contribution in [-0.4, -0.2) is 33.6 Å². The second kappa shape index (κ2) is 10.4. The molecule has 0 aliphatic heterocycles. The van der Waals surface area contributed by atoms with Gasteiger partial charge in [0.1, 0.15) is 10.6 Å². The highest BCUT2D eigenvalue weighted by molar-refractivity contribution is 7.92. The largest absolute Gasteiger partial charge is 0.493 e. The van der Waals surface area contributed by atoms with Crippen molar-refractivity contribution in [3.8, 4) is 17.2 Å². The predicted molar refractivity (Wildman–Crippen MR) is 146 cm³/mol. The Kier molecular flexibility index (Phi) is 7.17. The summed E-state index contributed by atoms with van der Waals surface area (Å²) in [5, 5.41) is 0.970. The first kappa shape index (κ1) is 26.2. The Bertz CT molecular complexity index is 1650. The molecule has 1 aromatic heterocycles. The molecular weight excluding hydrogens is 551 g/mol. The van der Waals surface area contributed by atoms with Crippen molar-refractivity contribution in [3.63, 3.8) is 0 Å².